The van der Waals surface area contributed by atoms with Crippen LogP contribution in [0.3, 0.4) is 0 Å². The second-order valence-electron chi connectivity index (χ2n) is 4.64. The van der Waals surface area contributed by atoms with Crippen molar-refractivity contribution in [2.75, 3.05) is 0 Å². The van der Waals surface area contributed by atoms with Crippen molar-refractivity contribution in [2.45, 2.75) is 41.5 Å². The Morgan fingerprint density at radius 2 is 0.870 bits per heavy atom. The Labute approximate surface area is 144 Å². The van der Waals surface area contributed by atoms with E-state index >= 15 is 0 Å². The van der Waals surface area contributed by atoms with Gasteiger partial charge in [-0.3, -0.25) is 0 Å². The Morgan fingerprint density at radius 1 is 0.565 bits per heavy atom. The van der Waals surface area contributed by atoms with Gasteiger partial charge in [-0.05, 0) is 13.8 Å². The Morgan fingerprint density at radius 3 is 1.17 bits per heavy atom. The second-order valence-corrected chi connectivity index (χ2v) is 5.62. The van der Waals surface area contributed by atoms with Gasteiger partial charge in [-0.15, -0.1) is 10.2 Å². The van der Waals surface area contributed by atoms with Crippen LogP contribution >= 0.6 is 11.3 Å². The third kappa shape index (κ3) is 5.29. The topological polar surface area (TPSA) is 25.8 Å². The van der Waals surface area contributed by atoms with Crippen molar-refractivity contribution in [3.63, 3.8) is 0 Å². The fourth-order valence-corrected chi connectivity index (χ4v) is 2.70. The average Bonchev–Trinajstić information content (AvgIpc) is 3.10. The molecular weight excluding hydrogens is 300 g/mol. The fraction of sp³-hybridized carbons (Fsp3) is 0.300. The van der Waals surface area contributed by atoms with Crippen LogP contribution in [0.2, 0.25) is 0 Å². The summed E-state index contributed by atoms with van der Waals surface area (Å²) in [6.45, 7) is 12.2. The number of aromatic nitrogens is 2. The second kappa shape index (κ2) is 9.90. The molecule has 2 aromatic carbocycles. The highest BCUT2D eigenvalue weighted by Crippen LogP contribution is 2.29. The van der Waals surface area contributed by atoms with Gasteiger partial charge in [0.15, 0.2) is 0 Å². The highest BCUT2D eigenvalue weighted by atomic mass is 32.1. The monoisotopic (exact) mass is 326 g/mol. The van der Waals surface area contributed by atoms with Crippen LogP contribution in [0.1, 0.15) is 38.8 Å². The van der Waals surface area contributed by atoms with Crippen LogP contribution in [0.4, 0.5) is 0 Å². The molecule has 23 heavy (non-hydrogen) atoms. The minimum absolute atomic E-state index is 0.968. The Bertz CT molecular complexity index is 622. The van der Waals surface area contributed by atoms with Gasteiger partial charge in [0.2, 0.25) is 0 Å². The van der Waals surface area contributed by atoms with Crippen molar-refractivity contribution in [3.05, 3.63) is 59.7 Å². The number of benzene rings is 2. The van der Waals surface area contributed by atoms with E-state index in [4.69, 9.17) is 0 Å². The minimum atomic E-state index is 0.968. The van der Waals surface area contributed by atoms with E-state index in [1.54, 1.807) is 11.3 Å². The summed E-state index contributed by atoms with van der Waals surface area (Å²) in [6, 6.07) is 16.8. The van der Waals surface area contributed by atoms with E-state index in [0.29, 0.717) is 0 Å². The maximum absolute atomic E-state index is 4.28. The third-order valence-corrected chi connectivity index (χ3v) is 4.04. The standard InChI is InChI=1S/C16H14N2S.2C2H6/c1-11-3-7-13(8-4-11)15-17-18-16(19-15)14-9-5-12(2)6-10-14;2*1-2/h3-10H,1-2H3;2*1-2H3. The number of hydrogen-bond donors (Lipinski definition) is 0. The van der Waals surface area contributed by atoms with Crippen molar-refractivity contribution in [1.82, 2.24) is 10.2 Å². The molecule has 3 aromatic rings. The Kier molecular flexibility index (Phi) is 8.20. The van der Waals surface area contributed by atoms with Gasteiger partial charge >= 0.3 is 0 Å². The van der Waals surface area contributed by atoms with E-state index in [2.05, 4.69) is 72.6 Å². The molecule has 0 bridgehead atoms. The lowest BCUT2D eigenvalue weighted by Gasteiger charge is -1.96. The smallest absolute Gasteiger partial charge is 0.138 e. The zero-order valence-corrected chi connectivity index (χ0v) is 15.7. The van der Waals surface area contributed by atoms with Gasteiger partial charge in [0.1, 0.15) is 10.0 Å². The Hall–Kier alpha value is -2.00. The normalized spacial score (nSPS) is 9.30. The van der Waals surface area contributed by atoms with E-state index in [1.807, 2.05) is 27.7 Å². The fourth-order valence-electron chi connectivity index (χ4n) is 1.85. The minimum Gasteiger partial charge on any atom is -0.138 e. The van der Waals surface area contributed by atoms with E-state index in [-0.39, 0.29) is 0 Å². The van der Waals surface area contributed by atoms with Crippen LogP contribution in [0.15, 0.2) is 48.5 Å². The summed E-state index contributed by atoms with van der Waals surface area (Å²) in [6.07, 6.45) is 0. The van der Waals surface area contributed by atoms with Crippen molar-refractivity contribution in [2.24, 2.45) is 0 Å². The van der Waals surface area contributed by atoms with Gasteiger partial charge < -0.3 is 0 Å². The number of hydrogen-bond acceptors (Lipinski definition) is 3. The van der Waals surface area contributed by atoms with Gasteiger partial charge in [0.25, 0.3) is 0 Å². The van der Waals surface area contributed by atoms with Gasteiger partial charge in [0.05, 0.1) is 0 Å². The summed E-state index contributed by atoms with van der Waals surface area (Å²) in [5.74, 6) is 0. The molecule has 0 radical (unpaired) electrons. The molecule has 2 nitrogen and oxygen atoms in total. The SMILES string of the molecule is CC.CC.Cc1ccc(-c2nnc(-c3ccc(C)cc3)s2)cc1. The molecule has 0 aliphatic rings. The molecule has 0 spiro atoms. The molecule has 122 valence electrons. The van der Waals surface area contributed by atoms with Gasteiger partial charge in [-0.25, -0.2) is 0 Å². The highest BCUT2D eigenvalue weighted by molar-refractivity contribution is 7.17. The largest absolute Gasteiger partial charge is 0.148 e. The van der Waals surface area contributed by atoms with Crippen LogP contribution < -0.4 is 0 Å². The van der Waals surface area contributed by atoms with Crippen LogP contribution in [0.5, 0.6) is 0 Å². The molecule has 0 unspecified atom stereocenters. The Balaban J connectivity index is 0.000000615. The summed E-state index contributed by atoms with van der Waals surface area (Å²) in [5, 5.41) is 10.5. The number of rotatable bonds is 2. The summed E-state index contributed by atoms with van der Waals surface area (Å²) in [4.78, 5) is 0. The molecule has 0 amide bonds. The summed E-state index contributed by atoms with van der Waals surface area (Å²) in [7, 11) is 0. The van der Waals surface area contributed by atoms with Crippen LogP contribution in [0, 0.1) is 13.8 Å². The van der Waals surface area contributed by atoms with Crippen molar-refractivity contribution < 1.29 is 0 Å². The quantitative estimate of drug-likeness (QED) is 0.534. The lowest BCUT2D eigenvalue weighted by molar-refractivity contribution is 1.10. The van der Waals surface area contributed by atoms with Gasteiger partial charge in [0, 0.05) is 11.1 Å². The number of nitrogens with zero attached hydrogens (tertiary/aromatic N) is 2. The molecule has 3 rings (SSSR count). The van der Waals surface area contributed by atoms with Crippen LogP contribution in [0.25, 0.3) is 21.1 Å². The molecule has 0 aliphatic heterocycles. The maximum atomic E-state index is 4.28. The lowest BCUT2D eigenvalue weighted by atomic mass is 10.2. The van der Waals surface area contributed by atoms with Crippen LogP contribution in [-0.2, 0) is 0 Å². The molecule has 1 aromatic heterocycles. The van der Waals surface area contributed by atoms with Crippen molar-refractivity contribution in [3.8, 4) is 21.1 Å². The lowest BCUT2D eigenvalue weighted by Crippen LogP contribution is -1.78. The number of aryl methyl sites for hydroxylation is 2. The van der Waals surface area contributed by atoms with Crippen LogP contribution in [-0.4, -0.2) is 10.2 Å². The zero-order chi connectivity index (χ0) is 17.2. The average molecular weight is 327 g/mol. The van der Waals surface area contributed by atoms with Crippen molar-refractivity contribution in [1.29, 1.82) is 0 Å². The first-order valence-corrected chi connectivity index (χ1v) is 9.01. The molecular formula is C20H26N2S. The van der Waals surface area contributed by atoms with E-state index in [0.717, 1.165) is 21.1 Å². The first-order valence-electron chi connectivity index (χ1n) is 8.20. The van der Waals surface area contributed by atoms with E-state index < -0.39 is 0 Å². The first-order chi connectivity index (χ1) is 11.2. The maximum Gasteiger partial charge on any atom is 0.148 e. The molecule has 3 heteroatoms. The summed E-state index contributed by atoms with van der Waals surface area (Å²) < 4.78 is 0. The van der Waals surface area contributed by atoms with Gasteiger partial charge in [-0.2, -0.15) is 0 Å². The molecule has 0 fully saturated rings. The highest BCUT2D eigenvalue weighted by Gasteiger charge is 2.08. The van der Waals surface area contributed by atoms with Gasteiger partial charge in [-0.1, -0.05) is 98.7 Å². The molecule has 0 aliphatic carbocycles. The molecule has 0 saturated carbocycles. The van der Waals surface area contributed by atoms with Crippen molar-refractivity contribution >= 4 is 11.3 Å². The zero-order valence-electron chi connectivity index (χ0n) is 14.9. The first kappa shape index (κ1) is 19.0. The summed E-state index contributed by atoms with van der Waals surface area (Å²) in [5.41, 5.74) is 4.77. The molecule has 0 atom stereocenters. The molecule has 0 saturated heterocycles. The third-order valence-electron chi connectivity index (χ3n) is 3.02. The predicted molar refractivity (Wildman–Crippen MR) is 103 cm³/mol. The molecule has 0 N–H and O–H groups in total. The predicted octanol–water partition coefficient (Wildman–Crippen LogP) is 6.54. The van der Waals surface area contributed by atoms with E-state index in [9.17, 15) is 0 Å². The van der Waals surface area contributed by atoms with E-state index in [1.165, 1.54) is 11.1 Å². The summed E-state index contributed by atoms with van der Waals surface area (Å²) >= 11 is 1.63. The molecule has 1 heterocycles.